The van der Waals surface area contributed by atoms with Crippen LogP contribution in [-0.2, 0) is 4.79 Å². The molecule has 2 amide bonds. The smallest absolute Gasteiger partial charge is 0.273 e. The average Bonchev–Trinajstić information content (AvgIpc) is 3.17. The highest BCUT2D eigenvalue weighted by Crippen LogP contribution is 2.40. The number of nitrogens with one attached hydrogen (secondary N) is 1. The lowest BCUT2D eigenvalue weighted by Gasteiger charge is -2.33. The van der Waals surface area contributed by atoms with E-state index < -0.39 is 0 Å². The fourth-order valence-corrected chi connectivity index (χ4v) is 3.96. The Morgan fingerprint density at radius 1 is 1.16 bits per heavy atom. The molecule has 2 saturated carbocycles. The molecule has 7 heteroatoms. The van der Waals surface area contributed by atoms with Gasteiger partial charge in [0.2, 0.25) is 5.91 Å². The molecule has 3 fully saturated rings. The SMILES string of the molecule is N[C@@H]1CC[C@@H](C(=O)N2CCC(NC(=O)c3cc(C4CC4)on3)CC2)C1. The molecule has 3 aliphatic rings. The summed E-state index contributed by atoms with van der Waals surface area (Å²) in [5, 5.41) is 6.91. The van der Waals surface area contributed by atoms with Crippen LogP contribution < -0.4 is 11.1 Å². The first-order valence-corrected chi connectivity index (χ1v) is 9.42. The lowest BCUT2D eigenvalue weighted by atomic mass is 10.0. The Balaban J connectivity index is 1.25. The Morgan fingerprint density at radius 2 is 1.92 bits per heavy atom. The molecule has 1 aromatic heterocycles. The predicted molar refractivity (Wildman–Crippen MR) is 90.9 cm³/mol. The molecule has 2 aliphatic carbocycles. The van der Waals surface area contributed by atoms with Gasteiger partial charge in [0.25, 0.3) is 5.91 Å². The van der Waals surface area contributed by atoms with Crippen LogP contribution in [0.1, 0.15) is 67.1 Å². The third-order valence-electron chi connectivity index (χ3n) is 5.71. The summed E-state index contributed by atoms with van der Waals surface area (Å²) in [7, 11) is 0. The van der Waals surface area contributed by atoms with Gasteiger partial charge in [-0.3, -0.25) is 9.59 Å². The van der Waals surface area contributed by atoms with Gasteiger partial charge in [-0.2, -0.15) is 0 Å². The van der Waals surface area contributed by atoms with E-state index in [-0.39, 0.29) is 29.8 Å². The van der Waals surface area contributed by atoms with Gasteiger partial charge in [-0.25, -0.2) is 0 Å². The van der Waals surface area contributed by atoms with Gasteiger partial charge < -0.3 is 20.5 Å². The molecule has 4 rings (SSSR count). The second kappa shape index (κ2) is 6.78. The minimum atomic E-state index is -0.179. The molecule has 1 aliphatic heterocycles. The Bertz CT molecular complexity index is 647. The number of piperidine rings is 1. The van der Waals surface area contributed by atoms with E-state index in [4.69, 9.17) is 10.3 Å². The van der Waals surface area contributed by atoms with Crippen LogP contribution in [0.5, 0.6) is 0 Å². The highest BCUT2D eigenvalue weighted by molar-refractivity contribution is 5.92. The topological polar surface area (TPSA) is 101 Å². The van der Waals surface area contributed by atoms with Gasteiger partial charge in [-0.05, 0) is 44.9 Å². The van der Waals surface area contributed by atoms with E-state index in [1.54, 1.807) is 6.07 Å². The van der Waals surface area contributed by atoms with Crippen molar-refractivity contribution < 1.29 is 14.1 Å². The maximum absolute atomic E-state index is 12.5. The van der Waals surface area contributed by atoms with Gasteiger partial charge in [0.15, 0.2) is 5.69 Å². The Kier molecular flexibility index (Phi) is 4.50. The van der Waals surface area contributed by atoms with Crippen molar-refractivity contribution in [2.24, 2.45) is 11.7 Å². The first-order valence-electron chi connectivity index (χ1n) is 9.42. The average molecular weight is 346 g/mol. The number of aromatic nitrogens is 1. The molecule has 1 aromatic rings. The van der Waals surface area contributed by atoms with Crippen molar-refractivity contribution in [3.05, 3.63) is 17.5 Å². The highest BCUT2D eigenvalue weighted by Gasteiger charge is 2.33. The molecular weight excluding hydrogens is 320 g/mol. The van der Waals surface area contributed by atoms with Crippen molar-refractivity contribution >= 4 is 11.8 Å². The van der Waals surface area contributed by atoms with Crippen LogP contribution in [0.25, 0.3) is 0 Å². The van der Waals surface area contributed by atoms with Crippen molar-refractivity contribution in [1.82, 2.24) is 15.4 Å². The number of nitrogens with two attached hydrogens (primary N) is 1. The Hall–Kier alpha value is -1.89. The number of hydrogen-bond donors (Lipinski definition) is 2. The van der Waals surface area contributed by atoms with Gasteiger partial charge in [0, 0.05) is 43.1 Å². The third-order valence-corrected chi connectivity index (χ3v) is 5.71. The highest BCUT2D eigenvalue weighted by atomic mass is 16.5. The molecule has 3 N–H and O–H groups in total. The van der Waals surface area contributed by atoms with Crippen molar-refractivity contribution in [3.63, 3.8) is 0 Å². The maximum atomic E-state index is 12.5. The minimum Gasteiger partial charge on any atom is -0.360 e. The van der Waals surface area contributed by atoms with Crippen molar-refractivity contribution in [3.8, 4) is 0 Å². The van der Waals surface area contributed by atoms with E-state index in [1.807, 2.05) is 4.90 Å². The molecule has 136 valence electrons. The molecule has 0 aromatic carbocycles. The lowest BCUT2D eigenvalue weighted by molar-refractivity contribution is -0.136. The van der Waals surface area contributed by atoms with E-state index in [2.05, 4.69) is 10.5 Å². The molecule has 7 nitrogen and oxygen atoms in total. The summed E-state index contributed by atoms with van der Waals surface area (Å²) in [5.74, 6) is 1.43. The molecule has 0 unspecified atom stereocenters. The lowest BCUT2D eigenvalue weighted by Crippen LogP contribution is -2.48. The monoisotopic (exact) mass is 346 g/mol. The minimum absolute atomic E-state index is 0.0865. The van der Waals surface area contributed by atoms with Gasteiger partial charge in [-0.15, -0.1) is 0 Å². The molecule has 0 radical (unpaired) electrons. The number of hydrogen-bond acceptors (Lipinski definition) is 5. The first-order chi connectivity index (χ1) is 12.1. The van der Waals surface area contributed by atoms with Gasteiger partial charge in [0.05, 0.1) is 0 Å². The van der Waals surface area contributed by atoms with E-state index >= 15 is 0 Å². The zero-order valence-corrected chi connectivity index (χ0v) is 14.4. The second-order valence-electron chi connectivity index (χ2n) is 7.73. The van der Waals surface area contributed by atoms with Crippen LogP contribution in [0, 0.1) is 5.92 Å². The van der Waals surface area contributed by atoms with E-state index in [0.717, 1.165) is 50.7 Å². The summed E-state index contributed by atoms with van der Waals surface area (Å²) in [4.78, 5) is 26.8. The van der Waals surface area contributed by atoms with E-state index in [1.165, 1.54) is 0 Å². The molecular formula is C18H26N4O3. The van der Waals surface area contributed by atoms with Gasteiger partial charge >= 0.3 is 0 Å². The van der Waals surface area contributed by atoms with Crippen molar-refractivity contribution in [2.45, 2.75) is 62.9 Å². The Labute approximate surface area is 147 Å². The number of amides is 2. The van der Waals surface area contributed by atoms with Crippen molar-refractivity contribution in [2.75, 3.05) is 13.1 Å². The zero-order valence-electron chi connectivity index (χ0n) is 14.4. The molecule has 0 bridgehead atoms. The van der Waals surface area contributed by atoms with Crippen LogP contribution in [-0.4, -0.2) is 47.0 Å². The normalized spacial score (nSPS) is 27.5. The Morgan fingerprint density at radius 3 is 2.56 bits per heavy atom. The summed E-state index contributed by atoms with van der Waals surface area (Å²) in [6.07, 6.45) is 6.47. The van der Waals surface area contributed by atoms with Crippen LogP contribution >= 0.6 is 0 Å². The standard InChI is InChI=1S/C18H26N4O3/c19-13-4-3-12(9-13)18(24)22-7-5-14(6-8-22)20-17(23)15-10-16(25-21-15)11-1-2-11/h10-14H,1-9,19H2,(H,20,23)/t12-,13-/m1/s1. The molecule has 1 saturated heterocycles. The summed E-state index contributed by atoms with van der Waals surface area (Å²) in [6.45, 7) is 1.39. The summed E-state index contributed by atoms with van der Waals surface area (Å²) in [6, 6.07) is 2.02. The van der Waals surface area contributed by atoms with Gasteiger partial charge in [-0.1, -0.05) is 5.16 Å². The van der Waals surface area contributed by atoms with Crippen molar-refractivity contribution in [1.29, 1.82) is 0 Å². The fourth-order valence-electron chi connectivity index (χ4n) is 3.96. The first kappa shape index (κ1) is 16.6. The van der Waals surface area contributed by atoms with Crippen LogP contribution in [0.15, 0.2) is 10.6 Å². The number of likely N-dealkylation sites (tertiary alicyclic amines) is 1. The quantitative estimate of drug-likeness (QED) is 0.858. The molecule has 2 atom stereocenters. The predicted octanol–water partition coefficient (Wildman–Crippen LogP) is 1.40. The van der Waals surface area contributed by atoms with Crippen LogP contribution in [0.3, 0.4) is 0 Å². The maximum Gasteiger partial charge on any atom is 0.273 e. The van der Waals surface area contributed by atoms with E-state index in [0.29, 0.717) is 24.7 Å². The number of carbonyl (C=O) groups is 2. The largest absolute Gasteiger partial charge is 0.360 e. The third kappa shape index (κ3) is 3.71. The number of rotatable bonds is 4. The fraction of sp³-hybridized carbons (Fsp3) is 0.722. The summed E-state index contributed by atoms with van der Waals surface area (Å²) in [5.41, 5.74) is 6.28. The molecule has 0 spiro atoms. The molecule has 2 heterocycles. The number of nitrogens with zero attached hydrogens (tertiary/aromatic N) is 2. The van der Waals surface area contributed by atoms with Gasteiger partial charge in [0.1, 0.15) is 5.76 Å². The summed E-state index contributed by atoms with van der Waals surface area (Å²) < 4.78 is 5.24. The van der Waals surface area contributed by atoms with Crippen LogP contribution in [0.2, 0.25) is 0 Å². The van der Waals surface area contributed by atoms with E-state index in [9.17, 15) is 9.59 Å². The molecule has 25 heavy (non-hydrogen) atoms. The van der Waals surface area contributed by atoms with Crippen LogP contribution in [0.4, 0.5) is 0 Å². The summed E-state index contributed by atoms with van der Waals surface area (Å²) >= 11 is 0. The number of carbonyl (C=O) groups excluding carboxylic acids is 2. The zero-order chi connectivity index (χ0) is 17.4. The second-order valence-corrected chi connectivity index (χ2v) is 7.73.